The van der Waals surface area contributed by atoms with Gasteiger partial charge in [0.1, 0.15) is 0 Å². The summed E-state index contributed by atoms with van der Waals surface area (Å²) in [6.45, 7) is 4.63. The standard InChI is InChI=1S/C12H18N2OS/c1-10-12(15)14(6-2-5-13-10)7-3-11-4-8-16-9-11/h4,8-10,13H,2-3,5-7H2,1H3. The molecule has 1 aliphatic heterocycles. The van der Waals surface area contributed by atoms with Crippen molar-refractivity contribution in [2.24, 2.45) is 0 Å². The van der Waals surface area contributed by atoms with Crippen molar-refractivity contribution in [3.8, 4) is 0 Å². The van der Waals surface area contributed by atoms with Crippen LogP contribution in [0.3, 0.4) is 0 Å². The Bertz CT molecular complexity index is 337. The number of hydrogen-bond acceptors (Lipinski definition) is 3. The van der Waals surface area contributed by atoms with Gasteiger partial charge in [-0.1, -0.05) is 0 Å². The first-order valence-electron chi connectivity index (χ1n) is 5.80. The fraction of sp³-hybridized carbons (Fsp3) is 0.583. The Morgan fingerprint density at radius 1 is 1.62 bits per heavy atom. The molecule has 0 radical (unpaired) electrons. The van der Waals surface area contributed by atoms with Crippen molar-refractivity contribution in [1.82, 2.24) is 10.2 Å². The average molecular weight is 238 g/mol. The van der Waals surface area contributed by atoms with Crippen molar-refractivity contribution >= 4 is 17.2 Å². The summed E-state index contributed by atoms with van der Waals surface area (Å²) in [5.74, 6) is 0.243. The van der Waals surface area contributed by atoms with E-state index in [1.54, 1.807) is 11.3 Å². The van der Waals surface area contributed by atoms with Crippen LogP contribution in [0.2, 0.25) is 0 Å². The van der Waals surface area contributed by atoms with Crippen LogP contribution in [0.1, 0.15) is 18.9 Å². The van der Waals surface area contributed by atoms with E-state index in [1.165, 1.54) is 5.56 Å². The summed E-state index contributed by atoms with van der Waals surface area (Å²) in [6.07, 6.45) is 2.03. The lowest BCUT2D eigenvalue weighted by atomic mass is 10.2. The molecule has 16 heavy (non-hydrogen) atoms. The molecule has 0 aromatic carbocycles. The van der Waals surface area contributed by atoms with E-state index in [4.69, 9.17) is 0 Å². The van der Waals surface area contributed by atoms with E-state index in [-0.39, 0.29) is 11.9 Å². The maximum absolute atomic E-state index is 12.0. The van der Waals surface area contributed by atoms with E-state index >= 15 is 0 Å². The molecule has 1 aromatic rings. The molecule has 1 aromatic heterocycles. The van der Waals surface area contributed by atoms with Gasteiger partial charge in [0.05, 0.1) is 6.04 Å². The van der Waals surface area contributed by atoms with Gasteiger partial charge in [0.15, 0.2) is 0 Å². The number of thiophene rings is 1. The number of nitrogens with one attached hydrogen (secondary N) is 1. The maximum atomic E-state index is 12.0. The quantitative estimate of drug-likeness (QED) is 0.865. The van der Waals surface area contributed by atoms with Crippen LogP contribution in [0.5, 0.6) is 0 Å². The van der Waals surface area contributed by atoms with Gasteiger partial charge in [-0.3, -0.25) is 4.79 Å². The molecule has 2 rings (SSSR count). The third-order valence-corrected chi connectivity index (χ3v) is 3.72. The second kappa shape index (κ2) is 5.46. The van der Waals surface area contributed by atoms with Crippen molar-refractivity contribution in [1.29, 1.82) is 0 Å². The van der Waals surface area contributed by atoms with Gasteiger partial charge in [-0.2, -0.15) is 11.3 Å². The van der Waals surface area contributed by atoms with Crippen LogP contribution in [-0.4, -0.2) is 36.5 Å². The van der Waals surface area contributed by atoms with Crippen molar-refractivity contribution in [3.63, 3.8) is 0 Å². The number of amides is 1. The Morgan fingerprint density at radius 2 is 2.50 bits per heavy atom. The minimum atomic E-state index is -0.0232. The number of carbonyl (C=O) groups excluding carboxylic acids is 1. The predicted molar refractivity (Wildman–Crippen MR) is 66.7 cm³/mol. The Balaban J connectivity index is 1.89. The molecule has 1 atom stereocenters. The zero-order valence-electron chi connectivity index (χ0n) is 9.61. The highest BCUT2D eigenvalue weighted by Crippen LogP contribution is 2.09. The molecule has 3 nitrogen and oxygen atoms in total. The summed E-state index contributed by atoms with van der Waals surface area (Å²) >= 11 is 1.72. The normalized spacial score (nSPS) is 22.2. The monoisotopic (exact) mass is 238 g/mol. The second-order valence-corrected chi connectivity index (χ2v) is 5.02. The smallest absolute Gasteiger partial charge is 0.239 e. The van der Waals surface area contributed by atoms with E-state index in [1.807, 2.05) is 11.8 Å². The molecule has 1 amide bonds. The average Bonchev–Trinajstić information content (AvgIpc) is 2.74. The molecule has 1 N–H and O–H groups in total. The molecule has 0 saturated carbocycles. The van der Waals surface area contributed by atoms with E-state index < -0.39 is 0 Å². The predicted octanol–water partition coefficient (Wildman–Crippen LogP) is 1.50. The highest BCUT2D eigenvalue weighted by atomic mass is 32.1. The van der Waals surface area contributed by atoms with Crippen molar-refractivity contribution in [2.45, 2.75) is 25.8 Å². The molecule has 0 aliphatic carbocycles. The number of nitrogens with zero attached hydrogens (tertiary/aromatic N) is 1. The molecule has 1 aliphatic rings. The van der Waals surface area contributed by atoms with Gasteiger partial charge in [0.2, 0.25) is 5.91 Å². The van der Waals surface area contributed by atoms with Crippen LogP contribution in [0.4, 0.5) is 0 Å². The Morgan fingerprint density at radius 3 is 3.25 bits per heavy atom. The van der Waals surface area contributed by atoms with Crippen LogP contribution in [0, 0.1) is 0 Å². The van der Waals surface area contributed by atoms with Crippen LogP contribution < -0.4 is 5.32 Å². The fourth-order valence-electron chi connectivity index (χ4n) is 1.98. The van der Waals surface area contributed by atoms with E-state index in [9.17, 15) is 4.79 Å². The second-order valence-electron chi connectivity index (χ2n) is 4.24. The molecule has 4 heteroatoms. The molecule has 1 fully saturated rings. The zero-order chi connectivity index (χ0) is 11.4. The molecular weight excluding hydrogens is 220 g/mol. The minimum Gasteiger partial charge on any atom is -0.341 e. The Kier molecular flexibility index (Phi) is 3.96. The van der Waals surface area contributed by atoms with Gasteiger partial charge in [0, 0.05) is 13.1 Å². The van der Waals surface area contributed by atoms with E-state index in [0.717, 1.165) is 32.5 Å². The van der Waals surface area contributed by atoms with Crippen LogP contribution in [0.25, 0.3) is 0 Å². The molecule has 1 unspecified atom stereocenters. The first kappa shape index (κ1) is 11.6. The number of carbonyl (C=O) groups is 1. The van der Waals surface area contributed by atoms with Crippen LogP contribution in [-0.2, 0) is 11.2 Å². The number of rotatable bonds is 3. The maximum Gasteiger partial charge on any atom is 0.239 e. The van der Waals surface area contributed by atoms with Crippen LogP contribution >= 0.6 is 11.3 Å². The number of hydrogen-bond donors (Lipinski definition) is 1. The third kappa shape index (κ3) is 2.83. The topological polar surface area (TPSA) is 32.3 Å². The van der Waals surface area contributed by atoms with E-state index in [0.29, 0.717) is 0 Å². The summed E-state index contributed by atoms with van der Waals surface area (Å²) in [5, 5.41) is 7.47. The van der Waals surface area contributed by atoms with Gasteiger partial charge in [-0.15, -0.1) is 0 Å². The lowest BCUT2D eigenvalue weighted by Crippen LogP contribution is -2.42. The van der Waals surface area contributed by atoms with Crippen molar-refractivity contribution < 1.29 is 4.79 Å². The van der Waals surface area contributed by atoms with Gasteiger partial charge in [-0.05, 0) is 48.7 Å². The molecule has 2 heterocycles. The molecule has 0 spiro atoms. The molecule has 0 bridgehead atoms. The highest BCUT2D eigenvalue weighted by Gasteiger charge is 2.22. The molecule has 88 valence electrons. The molecule has 1 saturated heterocycles. The van der Waals surface area contributed by atoms with Gasteiger partial charge in [-0.25, -0.2) is 0 Å². The lowest BCUT2D eigenvalue weighted by Gasteiger charge is -2.22. The van der Waals surface area contributed by atoms with Crippen molar-refractivity contribution in [3.05, 3.63) is 22.4 Å². The van der Waals surface area contributed by atoms with Gasteiger partial charge >= 0.3 is 0 Å². The zero-order valence-corrected chi connectivity index (χ0v) is 10.4. The highest BCUT2D eigenvalue weighted by molar-refractivity contribution is 7.07. The summed E-state index contributed by atoms with van der Waals surface area (Å²) in [7, 11) is 0. The largest absolute Gasteiger partial charge is 0.341 e. The third-order valence-electron chi connectivity index (χ3n) is 2.99. The summed E-state index contributed by atoms with van der Waals surface area (Å²) in [4.78, 5) is 14.0. The lowest BCUT2D eigenvalue weighted by molar-refractivity contribution is -0.132. The van der Waals surface area contributed by atoms with Crippen molar-refractivity contribution in [2.75, 3.05) is 19.6 Å². The summed E-state index contributed by atoms with van der Waals surface area (Å²) in [6, 6.07) is 2.11. The Hall–Kier alpha value is -0.870. The first-order valence-corrected chi connectivity index (χ1v) is 6.75. The SMILES string of the molecule is CC1NCCCN(CCc2ccsc2)C1=O. The minimum absolute atomic E-state index is 0.0232. The summed E-state index contributed by atoms with van der Waals surface area (Å²) < 4.78 is 0. The molecular formula is C12H18N2OS. The fourth-order valence-corrected chi connectivity index (χ4v) is 2.68. The first-order chi connectivity index (χ1) is 7.77. The van der Waals surface area contributed by atoms with Gasteiger partial charge < -0.3 is 10.2 Å². The van der Waals surface area contributed by atoms with E-state index in [2.05, 4.69) is 22.1 Å². The van der Waals surface area contributed by atoms with Crippen LogP contribution in [0.15, 0.2) is 16.8 Å². The Labute approximate surface area is 100 Å². The summed E-state index contributed by atoms with van der Waals surface area (Å²) in [5.41, 5.74) is 1.34. The van der Waals surface area contributed by atoms with Gasteiger partial charge in [0.25, 0.3) is 0 Å².